The number of rotatable bonds is 5. The Hall–Kier alpha value is -3.05. The van der Waals surface area contributed by atoms with Gasteiger partial charge in [0, 0.05) is 5.56 Å². The molecule has 0 unspecified atom stereocenters. The highest BCUT2D eigenvalue weighted by Gasteiger charge is 2.22. The van der Waals surface area contributed by atoms with E-state index in [1.165, 1.54) is 25.3 Å². The number of halogens is 2. The Kier molecular flexibility index (Phi) is 6.63. The second kappa shape index (κ2) is 9.18. The summed E-state index contributed by atoms with van der Waals surface area (Å²) in [6.07, 6.45) is 0. The smallest absolute Gasteiger partial charge is 0.266 e. The van der Waals surface area contributed by atoms with Gasteiger partial charge in [-0.3, -0.25) is 9.59 Å². The molecule has 3 aromatic rings. The fraction of sp³-hybridized carbons (Fsp3) is 0.0952. The van der Waals surface area contributed by atoms with E-state index in [9.17, 15) is 14.9 Å². The van der Waals surface area contributed by atoms with Gasteiger partial charge >= 0.3 is 0 Å². The van der Waals surface area contributed by atoms with Gasteiger partial charge in [0.15, 0.2) is 0 Å². The molecule has 2 N–H and O–H groups in total. The van der Waals surface area contributed by atoms with E-state index in [1.54, 1.807) is 31.2 Å². The average Bonchev–Trinajstić information content (AvgIpc) is 3.05. The van der Waals surface area contributed by atoms with Crippen molar-refractivity contribution in [3.8, 4) is 11.8 Å². The molecule has 0 aliphatic heterocycles. The van der Waals surface area contributed by atoms with E-state index >= 15 is 0 Å². The number of ether oxygens (including phenoxy) is 1. The van der Waals surface area contributed by atoms with Crippen molar-refractivity contribution in [2.24, 2.45) is 0 Å². The molecule has 30 heavy (non-hydrogen) atoms. The summed E-state index contributed by atoms with van der Waals surface area (Å²) in [6.45, 7) is 1.65. The molecule has 0 bridgehead atoms. The van der Waals surface area contributed by atoms with Gasteiger partial charge in [-0.1, -0.05) is 35.3 Å². The minimum Gasteiger partial charge on any atom is -0.495 e. The molecular formula is C21H15Cl2N3O3S. The third kappa shape index (κ3) is 4.41. The van der Waals surface area contributed by atoms with E-state index in [4.69, 9.17) is 27.9 Å². The quantitative estimate of drug-likeness (QED) is 0.507. The third-order valence-electron chi connectivity index (χ3n) is 4.23. The van der Waals surface area contributed by atoms with Crippen LogP contribution in [-0.4, -0.2) is 18.9 Å². The molecule has 1 aromatic heterocycles. The van der Waals surface area contributed by atoms with Gasteiger partial charge in [-0.15, -0.1) is 11.3 Å². The van der Waals surface area contributed by atoms with Crippen LogP contribution < -0.4 is 15.4 Å². The van der Waals surface area contributed by atoms with Crippen LogP contribution in [0.5, 0.6) is 5.75 Å². The summed E-state index contributed by atoms with van der Waals surface area (Å²) in [7, 11) is 1.51. The van der Waals surface area contributed by atoms with Crippen LogP contribution in [0.4, 0.5) is 10.7 Å². The van der Waals surface area contributed by atoms with Crippen LogP contribution in [0.1, 0.15) is 31.2 Å². The van der Waals surface area contributed by atoms with Gasteiger partial charge in [0.25, 0.3) is 11.8 Å². The Morgan fingerprint density at radius 3 is 2.47 bits per heavy atom. The highest BCUT2D eigenvalue weighted by atomic mass is 35.5. The predicted octanol–water partition coefficient (Wildman–Crippen LogP) is 5.75. The molecule has 152 valence electrons. The maximum atomic E-state index is 12.8. The van der Waals surface area contributed by atoms with Crippen molar-refractivity contribution in [2.45, 2.75) is 6.92 Å². The second-order valence-electron chi connectivity index (χ2n) is 6.11. The molecule has 0 aliphatic carbocycles. The zero-order chi connectivity index (χ0) is 21.8. The standard InChI is InChI=1S/C21H15Cl2N3O3S/c1-11-13(10-24)21(26-19(27)12-7-8-14(22)15(23)9-12)30-18(11)20(28)25-16-5-3-4-6-17(16)29-2/h3-9H,1-2H3,(H,25,28)(H,26,27). The number of hydrogen-bond acceptors (Lipinski definition) is 5. The lowest BCUT2D eigenvalue weighted by Gasteiger charge is -2.09. The zero-order valence-corrected chi connectivity index (χ0v) is 18.2. The largest absolute Gasteiger partial charge is 0.495 e. The van der Waals surface area contributed by atoms with E-state index in [2.05, 4.69) is 10.6 Å². The number of amides is 2. The Balaban J connectivity index is 1.88. The van der Waals surface area contributed by atoms with E-state index in [-0.39, 0.29) is 21.2 Å². The van der Waals surface area contributed by atoms with E-state index in [1.807, 2.05) is 6.07 Å². The lowest BCUT2D eigenvalue weighted by Crippen LogP contribution is -2.12. The van der Waals surface area contributed by atoms with E-state index < -0.39 is 11.8 Å². The molecule has 0 spiro atoms. The molecule has 2 amide bonds. The average molecular weight is 460 g/mol. The van der Waals surface area contributed by atoms with Gasteiger partial charge in [0.2, 0.25) is 0 Å². The van der Waals surface area contributed by atoms with Crippen molar-refractivity contribution in [2.75, 3.05) is 17.7 Å². The highest BCUT2D eigenvalue weighted by molar-refractivity contribution is 7.18. The minimum absolute atomic E-state index is 0.221. The van der Waals surface area contributed by atoms with Crippen molar-refractivity contribution >= 4 is 57.0 Å². The van der Waals surface area contributed by atoms with Crippen LogP contribution in [0.15, 0.2) is 42.5 Å². The van der Waals surface area contributed by atoms with Crippen LogP contribution in [0.2, 0.25) is 10.0 Å². The van der Waals surface area contributed by atoms with Crippen LogP contribution >= 0.6 is 34.5 Å². The third-order valence-corrected chi connectivity index (χ3v) is 6.17. The number of nitriles is 1. The first-order valence-corrected chi connectivity index (χ1v) is 10.2. The lowest BCUT2D eigenvalue weighted by molar-refractivity contribution is 0.102. The molecule has 0 saturated carbocycles. The summed E-state index contributed by atoms with van der Waals surface area (Å²) in [5.74, 6) is -0.370. The number of methoxy groups -OCH3 is 1. The number of carbonyl (C=O) groups is 2. The van der Waals surface area contributed by atoms with Crippen molar-refractivity contribution in [3.05, 3.63) is 74.1 Å². The first-order valence-electron chi connectivity index (χ1n) is 8.60. The predicted molar refractivity (Wildman–Crippen MR) is 119 cm³/mol. The monoisotopic (exact) mass is 459 g/mol. The summed E-state index contributed by atoms with van der Waals surface area (Å²) in [5, 5.41) is 15.8. The number of anilines is 2. The molecule has 9 heteroatoms. The molecule has 2 aromatic carbocycles. The lowest BCUT2D eigenvalue weighted by atomic mass is 10.1. The summed E-state index contributed by atoms with van der Waals surface area (Å²) < 4.78 is 5.24. The molecule has 6 nitrogen and oxygen atoms in total. The van der Waals surface area contributed by atoms with Crippen molar-refractivity contribution in [1.82, 2.24) is 0 Å². The SMILES string of the molecule is COc1ccccc1NC(=O)c1sc(NC(=O)c2ccc(Cl)c(Cl)c2)c(C#N)c1C. The second-order valence-corrected chi connectivity index (χ2v) is 7.94. The fourth-order valence-corrected chi connectivity index (χ4v) is 4.04. The molecule has 0 fully saturated rings. The summed E-state index contributed by atoms with van der Waals surface area (Å²) in [4.78, 5) is 25.7. The van der Waals surface area contributed by atoms with Crippen LogP contribution in [0.3, 0.4) is 0 Å². The first-order chi connectivity index (χ1) is 14.3. The first kappa shape index (κ1) is 21.7. The summed E-state index contributed by atoms with van der Waals surface area (Å²) in [6, 6.07) is 13.5. The Morgan fingerprint density at radius 2 is 1.80 bits per heavy atom. The van der Waals surface area contributed by atoms with Crippen LogP contribution in [-0.2, 0) is 0 Å². The number of nitrogens with zero attached hydrogens (tertiary/aromatic N) is 1. The van der Waals surface area contributed by atoms with Gasteiger partial charge in [0.1, 0.15) is 16.8 Å². The van der Waals surface area contributed by atoms with Crippen LogP contribution in [0, 0.1) is 18.3 Å². The number of nitrogens with one attached hydrogen (secondary N) is 2. The summed E-state index contributed by atoms with van der Waals surface area (Å²) in [5.41, 5.74) is 1.47. The van der Waals surface area contributed by atoms with Gasteiger partial charge in [-0.25, -0.2) is 0 Å². The Morgan fingerprint density at radius 1 is 1.07 bits per heavy atom. The van der Waals surface area contributed by atoms with Crippen LogP contribution in [0.25, 0.3) is 0 Å². The maximum absolute atomic E-state index is 12.8. The van der Waals surface area contributed by atoms with Gasteiger partial charge in [-0.2, -0.15) is 5.26 Å². The fourth-order valence-electron chi connectivity index (χ4n) is 2.69. The molecule has 3 rings (SSSR count). The number of para-hydroxylation sites is 2. The molecule has 0 radical (unpaired) electrons. The molecule has 0 saturated heterocycles. The van der Waals surface area contributed by atoms with Crippen molar-refractivity contribution in [3.63, 3.8) is 0 Å². The van der Waals surface area contributed by atoms with Crippen molar-refractivity contribution in [1.29, 1.82) is 5.26 Å². The van der Waals surface area contributed by atoms with Gasteiger partial charge in [0.05, 0.1) is 33.3 Å². The number of benzene rings is 2. The maximum Gasteiger partial charge on any atom is 0.266 e. The Bertz CT molecular complexity index is 1180. The topological polar surface area (TPSA) is 91.2 Å². The number of carbonyl (C=O) groups excluding carboxylic acids is 2. The molecule has 1 heterocycles. The van der Waals surface area contributed by atoms with E-state index in [0.717, 1.165) is 11.3 Å². The number of thiophene rings is 1. The number of hydrogen-bond donors (Lipinski definition) is 2. The normalized spacial score (nSPS) is 10.2. The minimum atomic E-state index is -0.469. The summed E-state index contributed by atoms with van der Waals surface area (Å²) >= 11 is 12.9. The zero-order valence-electron chi connectivity index (χ0n) is 15.9. The molecule has 0 aliphatic rings. The molecule has 0 atom stereocenters. The Labute approximate surface area is 187 Å². The van der Waals surface area contributed by atoms with Gasteiger partial charge in [-0.05, 0) is 42.8 Å². The molecular weight excluding hydrogens is 445 g/mol. The van der Waals surface area contributed by atoms with Gasteiger partial charge < -0.3 is 15.4 Å². The highest BCUT2D eigenvalue weighted by Crippen LogP contribution is 2.34. The van der Waals surface area contributed by atoms with Crippen molar-refractivity contribution < 1.29 is 14.3 Å². The van der Waals surface area contributed by atoms with E-state index in [0.29, 0.717) is 26.9 Å².